The van der Waals surface area contributed by atoms with Crippen LogP contribution in [0.5, 0.6) is 0 Å². The van der Waals surface area contributed by atoms with Crippen molar-refractivity contribution in [1.82, 2.24) is 0 Å². The van der Waals surface area contributed by atoms with E-state index < -0.39 is 0 Å². The summed E-state index contributed by atoms with van der Waals surface area (Å²) in [5.74, 6) is -0.175. The van der Waals surface area contributed by atoms with Gasteiger partial charge in [-0.25, -0.2) is 4.39 Å². The Morgan fingerprint density at radius 1 is 1.11 bits per heavy atom. The zero-order valence-corrected chi connectivity index (χ0v) is 12.0. The number of nitrogens with one attached hydrogen (secondary N) is 1. The average molecular weight is 308 g/mol. The number of benzene rings is 2. The van der Waals surface area contributed by atoms with Crippen LogP contribution in [-0.2, 0) is 6.54 Å². The molecular formula is C15H15BrFN. The van der Waals surface area contributed by atoms with Crippen LogP contribution in [0.25, 0.3) is 0 Å². The summed E-state index contributed by atoms with van der Waals surface area (Å²) in [6.07, 6.45) is 0. The highest BCUT2D eigenvalue weighted by Crippen LogP contribution is 2.20. The normalized spacial score (nSPS) is 10.4. The Morgan fingerprint density at radius 3 is 2.61 bits per heavy atom. The Kier molecular flexibility index (Phi) is 4.02. The van der Waals surface area contributed by atoms with E-state index in [0.717, 1.165) is 10.0 Å². The highest BCUT2D eigenvalue weighted by atomic mass is 79.9. The van der Waals surface area contributed by atoms with Crippen LogP contribution in [0.4, 0.5) is 10.1 Å². The first-order chi connectivity index (χ1) is 8.58. The van der Waals surface area contributed by atoms with Crippen molar-refractivity contribution in [1.29, 1.82) is 0 Å². The lowest BCUT2D eigenvalue weighted by atomic mass is 10.1. The van der Waals surface area contributed by atoms with E-state index in [1.165, 1.54) is 5.56 Å². The zero-order chi connectivity index (χ0) is 13.1. The Labute approximate surface area is 115 Å². The van der Waals surface area contributed by atoms with E-state index >= 15 is 0 Å². The summed E-state index contributed by atoms with van der Waals surface area (Å²) in [6, 6.07) is 11.5. The quantitative estimate of drug-likeness (QED) is 0.857. The molecule has 2 aromatic rings. The highest BCUT2D eigenvalue weighted by molar-refractivity contribution is 9.10. The maximum atomic E-state index is 13.8. The molecule has 94 valence electrons. The summed E-state index contributed by atoms with van der Waals surface area (Å²) in [5, 5.41) is 3.13. The Hall–Kier alpha value is -1.35. The number of halogens is 2. The van der Waals surface area contributed by atoms with E-state index in [1.54, 1.807) is 19.1 Å². The predicted octanol–water partition coefficient (Wildman–Crippen LogP) is 4.82. The van der Waals surface area contributed by atoms with Gasteiger partial charge in [-0.1, -0.05) is 40.2 Å². The molecule has 0 unspecified atom stereocenters. The maximum absolute atomic E-state index is 13.8. The zero-order valence-electron chi connectivity index (χ0n) is 10.4. The molecule has 2 aromatic carbocycles. The molecule has 0 aliphatic rings. The molecule has 18 heavy (non-hydrogen) atoms. The second-order valence-corrected chi connectivity index (χ2v) is 5.23. The fourth-order valence-corrected chi connectivity index (χ4v) is 2.04. The second-order valence-electron chi connectivity index (χ2n) is 4.37. The minimum atomic E-state index is -0.175. The summed E-state index contributed by atoms with van der Waals surface area (Å²) in [4.78, 5) is 0. The molecule has 0 aliphatic heterocycles. The van der Waals surface area contributed by atoms with Gasteiger partial charge in [0.2, 0.25) is 0 Å². The van der Waals surface area contributed by atoms with Crippen molar-refractivity contribution in [3.05, 3.63) is 63.4 Å². The molecule has 1 N–H and O–H groups in total. The van der Waals surface area contributed by atoms with Gasteiger partial charge < -0.3 is 5.32 Å². The van der Waals surface area contributed by atoms with Crippen LogP contribution in [0.3, 0.4) is 0 Å². The molecule has 0 spiro atoms. The molecule has 0 bridgehead atoms. The van der Waals surface area contributed by atoms with Gasteiger partial charge >= 0.3 is 0 Å². The molecule has 0 saturated heterocycles. The SMILES string of the molecule is Cc1cc(CNc2cccc(C)c2F)ccc1Br. The fraction of sp³-hybridized carbons (Fsp3) is 0.200. The van der Waals surface area contributed by atoms with Crippen molar-refractivity contribution in [2.24, 2.45) is 0 Å². The summed E-state index contributed by atoms with van der Waals surface area (Å²) >= 11 is 3.47. The number of anilines is 1. The van der Waals surface area contributed by atoms with Crippen molar-refractivity contribution < 1.29 is 4.39 Å². The van der Waals surface area contributed by atoms with E-state index in [-0.39, 0.29) is 5.82 Å². The molecule has 2 rings (SSSR count). The van der Waals surface area contributed by atoms with Gasteiger partial charge in [0.25, 0.3) is 0 Å². The minimum Gasteiger partial charge on any atom is -0.379 e. The minimum absolute atomic E-state index is 0.175. The lowest BCUT2D eigenvalue weighted by molar-refractivity contribution is 0.621. The Bertz CT molecular complexity index is 566. The van der Waals surface area contributed by atoms with E-state index in [4.69, 9.17) is 0 Å². The molecule has 0 radical (unpaired) electrons. The lowest BCUT2D eigenvalue weighted by Crippen LogP contribution is -2.02. The Balaban J connectivity index is 2.11. The molecule has 0 atom stereocenters. The molecule has 0 aliphatic carbocycles. The molecule has 1 nitrogen and oxygen atoms in total. The van der Waals surface area contributed by atoms with Crippen LogP contribution in [-0.4, -0.2) is 0 Å². The lowest BCUT2D eigenvalue weighted by Gasteiger charge is -2.10. The molecule has 0 amide bonds. The summed E-state index contributed by atoms with van der Waals surface area (Å²) in [6.45, 7) is 4.43. The van der Waals surface area contributed by atoms with Crippen molar-refractivity contribution >= 4 is 21.6 Å². The van der Waals surface area contributed by atoms with E-state index in [9.17, 15) is 4.39 Å². The van der Waals surface area contributed by atoms with E-state index in [0.29, 0.717) is 17.8 Å². The van der Waals surface area contributed by atoms with Crippen molar-refractivity contribution in [3.8, 4) is 0 Å². The third-order valence-corrected chi connectivity index (χ3v) is 3.79. The smallest absolute Gasteiger partial charge is 0.149 e. The summed E-state index contributed by atoms with van der Waals surface area (Å²) in [5.41, 5.74) is 3.53. The van der Waals surface area contributed by atoms with Crippen LogP contribution in [0.2, 0.25) is 0 Å². The van der Waals surface area contributed by atoms with Gasteiger partial charge in [0.05, 0.1) is 5.69 Å². The summed E-state index contributed by atoms with van der Waals surface area (Å²) in [7, 11) is 0. The first-order valence-electron chi connectivity index (χ1n) is 5.82. The van der Waals surface area contributed by atoms with Crippen LogP contribution in [0.1, 0.15) is 16.7 Å². The third-order valence-electron chi connectivity index (χ3n) is 2.90. The second kappa shape index (κ2) is 5.53. The number of aryl methyl sites for hydroxylation is 2. The monoisotopic (exact) mass is 307 g/mol. The van der Waals surface area contributed by atoms with Crippen molar-refractivity contribution in [3.63, 3.8) is 0 Å². The average Bonchev–Trinajstić information content (AvgIpc) is 2.35. The molecule has 0 heterocycles. The predicted molar refractivity (Wildman–Crippen MR) is 77.3 cm³/mol. The standard InChI is InChI=1S/C15H15BrFN/c1-10-4-3-5-14(15(10)17)18-9-12-6-7-13(16)11(2)8-12/h3-8,18H,9H2,1-2H3. The van der Waals surface area contributed by atoms with Gasteiger partial charge in [0, 0.05) is 11.0 Å². The summed E-state index contributed by atoms with van der Waals surface area (Å²) < 4.78 is 14.9. The van der Waals surface area contributed by atoms with Gasteiger partial charge in [-0.2, -0.15) is 0 Å². The molecule has 0 saturated carbocycles. The van der Waals surface area contributed by atoms with Crippen LogP contribution >= 0.6 is 15.9 Å². The molecule has 0 aromatic heterocycles. The Morgan fingerprint density at radius 2 is 1.89 bits per heavy atom. The van der Waals surface area contributed by atoms with Gasteiger partial charge in [0.15, 0.2) is 0 Å². The van der Waals surface area contributed by atoms with E-state index in [2.05, 4.69) is 27.3 Å². The maximum Gasteiger partial charge on any atom is 0.149 e. The highest BCUT2D eigenvalue weighted by Gasteiger charge is 2.04. The van der Waals surface area contributed by atoms with Gasteiger partial charge in [-0.15, -0.1) is 0 Å². The molecule has 3 heteroatoms. The largest absolute Gasteiger partial charge is 0.379 e. The van der Waals surface area contributed by atoms with Crippen LogP contribution in [0.15, 0.2) is 40.9 Å². The first-order valence-corrected chi connectivity index (χ1v) is 6.61. The number of hydrogen-bond donors (Lipinski definition) is 1. The van der Waals surface area contributed by atoms with Crippen LogP contribution in [0, 0.1) is 19.7 Å². The molecular weight excluding hydrogens is 293 g/mol. The van der Waals surface area contributed by atoms with Gasteiger partial charge in [-0.3, -0.25) is 0 Å². The van der Waals surface area contributed by atoms with Crippen molar-refractivity contribution in [2.45, 2.75) is 20.4 Å². The fourth-order valence-electron chi connectivity index (χ4n) is 1.80. The van der Waals surface area contributed by atoms with Crippen molar-refractivity contribution in [2.75, 3.05) is 5.32 Å². The number of rotatable bonds is 3. The molecule has 0 fully saturated rings. The first kappa shape index (κ1) is 13.1. The van der Waals surface area contributed by atoms with Gasteiger partial charge in [-0.05, 0) is 42.7 Å². The van der Waals surface area contributed by atoms with Crippen LogP contribution < -0.4 is 5.32 Å². The third kappa shape index (κ3) is 2.91. The van der Waals surface area contributed by atoms with E-state index in [1.807, 2.05) is 25.1 Å². The van der Waals surface area contributed by atoms with Gasteiger partial charge in [0.1, 0.15) is 5.82 Å². The number of hydrogen-bond acceptors (Lipinski definition) is 1. The topological polar surface area (TPSA) is 12.0 Å².